The Morgan fingerprint density at radius 2 is 1.77 bits per heavy atom. The molecule has 4 atom stereocenters. The third kappa shape index (κ3) is 3.57. The van der Waals surface area contributed by atoms with Crippen LogP contribution in [0, 0.1) is 5.92 Å². The van der Waals surface area contributed by atoms with E-state index < -0.39 is 0 Å². The van der Waals surface area contributed by atoms with Crippen LogP contribution in [-0.2, 0) is 0 Å². The fourth-order valence-electron chi connectivity index (χ4n) is 4.65. The van der Waals surface area contributed by atoms with Gasteiger partial charge in [-0.05, 0) is 74.2 Å². The number of rotatable bonds is 4. The van der Waals surface area contributed by atoms with Crippen molar-refractivity contribution in [3.8, 4) is 5.75 Å². The van der Waals surface area contributed by atoms with Crippen molar-refractivity contribution in [1.29, 1.82) is 0 Å². The number of halogens is 3. The van der Waals surface area contributed by atoms with Gasteiger partial charge in [0, 0.05) is 23.0 Å². The van der Waals surface area contributed by atoms with Gasteiger partial charge in [0.1, 0.15) is 5.75 Å². The van der Waals surface area contributed by atoms with Gasteiger partial charge in [0.2, 0.25) is 0 Å². The molecule has 2 aromatic rings. The highest BCUT2D eigenvalue weighted by Gasteiger charge is 2.46. The first-order valence-electron chi connectivity index (χ1n) is 9.08. The lowest BCUT2D eigenvalue weighted by atomic mass is 9.76. The van der Waals surface area contributed by atoms with E-state index in [1.54, 1.807) is 0 Å². The molecule has 2 aliphatic heterocycles. The minimum atomic E-state index is 0.423. The number of ether oxygens (including phenoxy) is 1. The van der Waals surface area contributed by atoms with E-state index in [9.17, 15) is 0 Å². The molecule has 0 spiro atoms. The minimum Gasteiger partial charge on any atom is -0.493 e. The first-order valence-corrected chi connectivity index (χ1v) is 10.2. The Morgan fingerprint density at radius 3 is 2.50 bits per heavy atom. The van der Waals surface area contributed by atoms with Crippen LogP contribution in [0.2, 0.25) is 15.1 Å². The maximum absolute atomic E-state index is 6.30. The summed E-state index contributed by atoms with van der Waals surface area (Å²) in [5, 5.41) is 1.97. The van der Waals surface area contributed by atoms with Crippen molar-refractivity contribution in [2.45, 2.75) is 37.3 Å². The molecular weight excluding hydrogens is 389 g/mol. The molecule has 0 saturated carbocycles. The Labute approximate surface area is 170 Å². The van der Waals surface area contributed by atoms with Crippen molar-refractivity contribution in [3.05, 3.63) is 63.1 Å². The molecule has 138 valence electrons. The van der Waals surface area contributed by atoms with Gasteiger partial charge in [-0.15, -0.1) is 0 Å². The first kappa shape index (κ1) is 18.4. The number of fused-ring (bicyclic) bond motifs is 2. The van der Waals surface area contributed by atoms with Crippen LogP contribution >= 0.6 is 34.8 Å². The zero-order chi connectivity index (χ0) is 18.3. The number of hydrogen-bond acceptors (Lipinski definition) is 2. The summed E-state index contributed by atoms with van der Waals surface area (Å²) in [5.74, 6) is 1.72. The molecule has 26 heavy (non-hydrogen) atoms. The molecular formula is C21H22Cl3NO. The summed E-state index contributed by atoms with van der Waals surface area (Å²) in [4.78, 5) is 2.55. The normalized spacial score (nSPS) is 28.3. The van der Waals surface area contributed by atoms with E-state index >= 15 is 0 Å². The molecule has 2 bridgehead atoms. The van der Waals surface area contributed by atoms with Crippen LogP contribution in [0.25, 0.3) is 0 Å². The average Bonchev–Trinajstić information content (AvgIpc) is 2.88. The average molecular weight is 411 g/mol. The van der Waals surface area contributed by atoms with Gasteiger partial charge in [0.15, 0.2) is 0 Å². The second-order valence-corrected chi connectivity index (χ2v) is 8.66. The van der Waals surface area contributed by atoms with Crippen LogP contribution in [0.3, 0.4) is 0 Å². The molecule has 0 aliphatic carbocycles. The zero-order valence-corrected chi connectivity index (χ0v) is 16.9. The molecule has 1 unspecified atom stereocenters. The summed E-state index contributed by atoms with van der Waals surface area (Å²) in [6.07, 6.45) is 3.63. The van der Waals surface area contributed by atoms with Crippen molar-refractivity contribution in [2.75, 3.05) is 13.7 Å². The molecule has 5 heteroatoms. The fourth-order valence-corrected chi connectivity index (χ4v) is 5.09. The minimum absolute atomic E-state index is 0.423. The van der Waals surface area contributed by atoms with Crippen LogP contribution in [-0.4, -0.2) is 30.6 Å². The highest BCUT2D eigenvalue weighted by atomic mass is 35.5. The van der Waals surface area contributed by atoms with Crippen molar-refractivity contribution >= 4 is 34.8 Å². The van der Waals surface area contributed by atoms with Gasteiger partial charge >= 0.3 is 0 Å². The van der Waals surface area contributed by atoms with Crippen LogP contribution in [0.4, 0.5) is 0 Å². The number of benzene rings is 2. The van der Waals surface area contributed by atoms with Crippen LogP contribution < -0.4 is 4.74 Å². The molecule has 2 aliphatic rings. The Hall–Kier alpha value is -0.930. The van der Waals surface area contributed by atoms with E-state index in [1.807, 2.05) is 36.4 Å². The molecule has 2 saturated heterocycles. The quantitative estimate of drug-likeness (QED) is 0.587. The molecule has 4 rings (SSSR count). The van der Waals surface area contributed by atoms with Gasteiger partial charge in [-0.1, -0.05) is 40.9 Å². The Balaban J connectivity index is 1.58. The van der Waals surface area contributed by atoms with Crippen molar-refractivity contribution < 1.29 is 4.74 Å². The number of hydrogen-bond donors (Lipinski definition) is 0. The largest absolute Gasteiger partial charge is 0.493 e. The molecule has 0 N–H and O–H groups in total. The summed E-state index contributed by atoms with van der Waals surface area (Å²) < 4.78 is 6.16. The van der Waals surface area contributed by atoms with E-state index in [0.29, 0.717) is 40.6 Å². The van der Waals surface area contributed by atoms with Crippen molar-refractivity contribution in [1.82, 2.24) is 4.90 Å². The van der Waals surface area contributed by atoms with Gasteiger partial charge in [0.05, 0.1) is 16.7 Å². The highest BCUT2D eigenvalue weighted by molar-refractivity contribution is 6.42. The molecule has 0 radical (unpaired) electrons. The summed E-state index contributed by atoms with van der Waals surface area (Å²) in [7, 11) is 2.25. The van der Waals surface area contributed by atoms with Gasteiger partial charge in [-0.2, -0.15) is 0 Å². The lowest BCUT2D eigenvalue weighted by Crippen LogP contribution is -2.47. The molecule has 0 amide bonds. The van der Waals surface area contributed by atoms with Gasteiger partial charge in [-0.3, -0.25) is 0 Å². The SMILES string of the molecule is CN1C2CC[C@@H]1[C@H](COc1ccc(Cl)cc1)[C@@H](c1ccc(Cl)c(Cl)c1)C2. The van der Waals surface area contributed by atoms with E-state index in [1.165, 1.54) is 18.4 Å². The van der Waals surface area contributed by atoms with E-state index in [-0.39, 0.29) is 0 Å². The Kier molecular flexibility index (Phi) is 5.38. The fraction of sp³-hybridized carbons (Fsp3) is 0.429. The summed E-state index contributed by atoms with van der Waals surface area (Å²) >= 11 is 18.4. The maximum Gasteiger partial charge on any atom is 0.119 e. The lowest BCUT2D eigenvalue weighted by molar-refractivity contribution is 0.0666. The first-order chi connectivity index (χ1) is 12.5. The van der Waals surface area contributed by atoms with E-state index in [2.05, 4.69) is 18.0 Å². The third-order valence-corrected chi connectivity index (χ3v) is 7.05. The second-order valence-electron chi connectivity index (χ2n) is 7.41. The predicted molar refractivity (Wildman–Crippen MR) is 109 cm³/mol. The summed E-state index contributed by atoms with van der Waals surface area (Å²) in [6, 6.07) is 14.9. The topological polar surface area (TPSA) is 12.5 Å². The second kappa shape index (κ2) is 7.59. The molecule has 0 aromatic heterocycles. The highest BCUT2D eigenvalue weighted by Crippen LogP contribution is 2.47. The molecule has 2 heterocycles. The third-order valence-electron chi connectivity index (χ3n) is 6.06. The van der Waals surface area contributed by atoms with Crippen LogP contribution in [0.1, 0.15) is 30.7 Å². The summed E-state index contributed by atoms with van der Waals surface area (Å²) in [5.41, 5.74) is 1.27. The van der Waals surface area contributed by atoms with Crippen molar-refractivity contribution in [3.63, 3.8) is 0 Å². The Bertz CT molecular complexity index is 779. The van der Waals surface area contributed by atoms with Crippen LogP contribution in [0.5, 0.6) is 5.75 Å². The van der Waals surface area contributed by atoms with Crippen LogP contribution in [0.15, 0.2) is 42.5 Å². The van der Waals surface area contributed by atoms with Gasteiger partial charge in [0.25, 0.3) is 0 Å². The predicted octanol–water partition coefficient (Wildman–Crippen LogP) is 6.29. The molecule has 2 nitrogen and oxygen atoms in total. The lowest BCUT2D eigenvalue weighted by Gasteiger charge is -2.43. The maximum atomic E-state index is 6.30. The number of nitrogens with zero attached hydrogens (tertiary/aromatic N) is 1. The molecule has 2 aromatic carbocycles. The van der Waals surface area contributed by atoms with E-state index in [4.69, 9.17) is 39.5 Å². The zero-order valence-electron chi connectivity index (χ0n) is 14.7. The van der Waals surface area contributed by atoms with Gasteiger partial charge < -0.3 is 9.64 Å². The molecule has 2 fully saturated rings. The number of piperidine rings is 1. The Morgan fingerprint density at radius 1 is 1.00 bits per heavy atom. The summed E-state index contributed by atoms with van der Waals surface area (Å²) in [6.45, 7) is 0.689. The monoisotopic (exact) mass is 409 g/mol. The smallest absolute Gasteiger partial charge is 0.119 e. The standard InChI is InChI=1S/C21H22Cl3NO/c1-25-15-5-9-21(25)18(12-26-16-6-3-14(22)4-7-16)17(11-15)13-2-8-19(23)20(24)10-13/h2-4,6-8,10,15,17-18,21H,5,9,11-12H2,1H3/t15?,17-,18-,21-/m1/s1. The van der Waals surface area contributed by atoms with Gasteiger partial charge in [-0.25, -0.2) is 0 Å². The van der Waals surface area contributed by atoms with Crippen molar-refractivity contribution in [2.24, 2.45) is 5.92 Å². The van der Waals surface area contributed by atoms with E-state index in [0.717, 1.165) is 17.2 Å².